The summed E-state index contributed by atoms with van der Waals surface area (Å²) in [5.41, 5.74) is 5.60. The van der Waals surface area contributed by atoms with Gasteiger partial charge in [0.05, 0.1) is 5.57 Å². The van der Waals surface area contributed by atoms with Gasteiger partial charge >= 0.3 is 0 Å². The number of nitrogens with one attached hydrogen (secondary N) is 2. The maximum atomic E-state index is 12.3. The Morgan fingerprint density at radius 1 is 1.04 bits per heavy atom. The summed E-state index contributed by atoms with van der Waals surface area (Å²) in [6, 6.07) is 14.0. The highest BCUT2D eigenvalue weighted by Gasteiger charge is 2.25. The first-order chi connectivity index (χ1) is 13.2. The van der Waals surface area contributed by atoms with Gasteiger partial charge in [-0.2, -0.15) is 0 Å². The molecule has 6 nitrogen and oxygen atoms in total. The van der Waals surface area contributed by atoms with Crippen molar-refractivity contribution < 1.29 is 9.59 Å². The molecule has 2 aliphatic rings. The van der Waals surface area contributed by atoms with E-state index in [1.54, 1.807) is 11.1 Å². The molecule has 0 spiro atoms. The number of aryl methyl sites for hydroxylation is 1. The third-order valence-corrected chi connectivity index (χ3v) is 5.11. The average molecular weight is 362 g/mol. The summed E-state index contributed by atoms with van der Waals surface area (Å²) in [6.45, 7) is 5.19. The van der Waals surface area contributed by atoms with Gasteiger partial charge in [-0.15, -0.1) is 0 Å². The number of fused-ring (bicyclic) bond motifs is 1. The summed E-state index contributed by atoms with van der Waals surface area (Å²) in [6.07, 6.45) is 2.68. The van der Waals surface area contributed by atoms with E-state index >= 15 is 0 Å². The fourth-order valence-corrected chi connectivity index (χ4v) is 3.58. The second-order valence-corrected chi connectivity index (χ2v) is 6.83. The fraction of sp³-hybridized carbons (Fsp3) is 0.238. The van der Waals surface area contributed by atoms with Gasteiger partial charge in [0, 0.05) is 55.0 Å². The molecule has 138 valence electrons. The van der Waals surface area contributed by atoms with Gasteiger partial charge in [-0.05, 0) is 42.8 Å². The van der Waals surface area contributed by atoms with Crippen molar-refractivity contribution in [3.8, 4) is 0 Å². The quantitative estimate of drug-likeness (QED) is 0.648. The van der Waals surface area contributed by atoms with Gasteiger partial charge in [0.2, 0.25) is 6.41 Å². The molecule has 27 heavy (non-hydrogen) atoms. The number of carbonyl (C=O) groups is 2. The van der Waals surface area contributed by atoms with Gasteiger partial charge in [-0.3, -0.25) is 9.59 Å². The van der Waals surface area contributed by atoms with Crippen molar-refractivity contribution in [2.24, 2.45) is 0 Å². The van der Waals surface area contributed by atoms with Crippen LogP contribution >= 0.6 is 0 Å². The van der Waals surface area contributed by atoms with Gasteiger partial charge in [0.15, 0.2) is 0 Å². The molecule has 2 aromatic rings. The van der Waals surface area contributed by atoms with Crippen molar-refractivity contribution in [2.75, 3.05) is 41.7 Å². The summed E-state index contributed by atoms with van der Waals surface area (Å²) in [5, 5.41) is 6.14. The highest BCUT2D eigenvalue weighted by Crippen LogP contribution is 2.34. The molecule has 0 unspecified atom stereocenters. The molecule has 0 atom stereocenters. The number of benzene rings is 2. The molecule has 0 saturated carbocycles. The standard InChI is InChI=1S/C21H22N4O2/c1-15-3-2-4-19-20(15)18(21(27)23-19)13-22-16-5-7-17(8-6-16)25-11-9-24(14-26)10-12-25/h2-8,13-14,22H,9-12H2,1H3,(H,23,27)/b18-13-. The van der Waals surface area contributed by atoms with E-state index in [2.05, 4.69) is 27.7 Å². The molecule has 2 heterocycles. The lowest BCUT2D eigenvalue weighted by molar-refractivity contribution is -0.118. The summed E-state index contributed by atoms with van der Waals surface area (Å²) < 4.78 is 0. The lowest BCUT2D eigenvalue weighted by Crippen LogP contribution is -2.45. The number of hydrogen-bond acceptors (Lipinski definition) is 4. The zero-order chi connectivity index (χ0) is 18.8. The monoisotopic (exact) mass is 362 g/mol. The molecule has 6 heteroatoms. The van der Waals surface area contributed by atoms with Crippen LogP contribution in [-0.4, -0.2) is 43.4 Å². The molecule has 0 aliphatic carbocycles. The molecule has 1 fully saturated rings. The molecule has 2 aliphatic heterocycles. The van der Waals surface area contributed by atoms with Crippen LogP contribution in [0.15, 0.2) is 48.7 Å². The van der Waals surface area contributed by atoms with Crippen molar-refractivity contribution in [3.05, 3.63) is 59.8 Å². The number of rotatable bonds is 4. The van der Waals surface area contributed by atoms with Crippen molar-refractivity contribution in [1.29, 1.82) is 0 Å². The Balaban J connectivity index is 1.46. The van der Waals surface area contributed by atoms with Crippen molar-refractivity contribution in [3.63, 3.8) is 0 Å². The predicted octanol–water partition coefficient (Wildman–Crippen LogP) is 2.68. The Morgan fingerprint density at radius 2 is 1.78 bits per heavy atom. The highest BCUT2D eigenvalue weighted by molar-refractivity contribution is 6.32. The smallest absolute Gasteiger partial charge is 0.257 e. The van der Waals surface area contributed by atoms with E-state index in [-0.39, 0.29) is 5.91 Å². The molecule has 1 saturated heterocycles. The zero-order valence-electron chi connectivity index (χ0n) is 15.2. The zero-order valence-corrected chi connectivity index (χ0v) is 15.2. The van der Waals surface area contributed by atoms with Gasteiger partial charge in [-0.25, -0.2) is 0 Å². The number of piperazine rings is 1. The molecule has 2 amide bonds. The van der Waals surface area contributed by atoms with Crippen LogP contribution in [0, 0.1) is 6.92 Å². The lowest BCUT2D eigenvalue weighted by atomic mass is 10.0. The van der Waals surface area contributed by atoms with E-state index in [0.29, 0.717) is 5.57 Å². The Hall–Kier alpha value is -3.28. The van der Waals surface area contributed by atoms with E-state index in [1.807, 2.05) is 37.3 Å². The number of amides is 2. The number of hydrogen-bond donors (Lipinski definition) is 2. The number of anilines is 3. The molecule has 2 aromatic carbocycles. The van der Waals surface area contributed by atoms with Crippen LogP contribution in [0.3, 0.4) is 0 Å². The topological polar surface area (TPSA) is 64.7 Å². The summed E-state index contributed by atoms with van der Waals surface area (Å²) in [7, 11) is 0. The fourth-order valence-electron chi connectivity index (χ4n) is 3.58. The summed E-state index contributed by atoms with van der Waals surface area (Å²) >= 11 is 0. The van der Waals surface area contributed by atoms with Crippen LogP contribution in [-0.2, 0) is 9.59 Å². The maximum absolute atomic E-state index is 12.3. The largest absolute Gasteiger partial charge is 0.368 e. The van der Waals surface area contributed by atoms with Gasteiger partial charge < -0.3 is 20.4 Å². The van der Waals surface area contributed by atoms with Crippen LogP contribution in [0.25, 0.3) is 5.57 Å². The SMILES string of the molecule is Cc1cccc2c1/C(=C/Nc1ccc(N3CCN(C=O)CC3)cc1)C(=O)N2. The normalized spacial score (nSPS) is 17.7. The van der Waals surface area contributed by atoms with Crippen molar-refractivity contribution in [1.82, 2.24) is 4.90 Å². The first-order valence-corrected chi connectivity index (χ1v) is 9.08. The predicted molar refractivity (Wildman–Crippen MR) is 108 cm³/mol. The third kappa shape index (κ3) is 3.38. The molecule has 0 radical (unpaired) electrons. The van der Waals surface area contributed by atoms with E-state index in [1.165, 1.54) is 0 Å². The minimum absolute atomic E-state index is 0.0866. The molecular formula is C21H22N4O2. The van der Waals surface area contributed by atoms with Crippen molar-refractivity contribution in [2.45, 2.75) is 6.92 Å². The second-order valence-electron chi connectivity index (χ2n) is 6.83. The summed E-state index contributed by atoms with van der Waals surface area (Å²) in [5.74, 6) is -0.0866. The Bertz CT molecular complexity index is 897. The lowest BCUT2D eigenvalue weighted by Gasteiger charge is -2.34. The molecular weight excluding hydrogens is 340 g/mol. The Kier molecular flexibility index (Phi) is 4.54. The first kappa shape index (κ1) is 17.1. The van der Waals surface area contributed by atoms with Gasteiger partial charge in [-0.1, -0.05) is 12.1 Å². The van der Waals surface area contributed by atoms with Gasteiger partial charge in [0.25, 0.3) is 5.91 Å². The molecule has 4 rings (SSSR count). The molecule has 0 bridgehead atoms. The minimum Gasteiger partial charge on any atom is -0.368 e. The minimum atomic E-state index is -0.0866. The van der Waals surface area contributed by atoms with Crippen LogP contribution in [0.4, 0.5) is 17.1 Å². The molecule has 0 aromatic heterocycles. The number of carbonyl (C=O) groups excluding carboxylic acids is 2. The second kappa shape index (κ2) is 7.15. The average Bonchev–Trinajstić information content (AvgIpc) is 3.03. The van der Waals surface area contributed by atoms with Gasteiger partial charge in [0.1, 0.15) is 0 Å². The maximum Gasteiger partial charge on any atom is 0.257 e. The van der Waals surface area contributed by atoms with E-state index in [9.17, 15) is 9.59 Å². The van der Waals surface area contributed by atoms with Crippen LogP contribution in [0.5, 0.6) is 0 Å². The van der Waals surface area contributed by atoms with Crippen LogP contribution in [0.1, 0.15) is 11.1 Å². The van der Waals surface area contributed by atoms with Crippen LogP contribution in [0.2, 0.25) is 0 Å². The number of nitrogens with zero attached hydrogens (tertiary/aromatic N) is 2. The van der Waals surface area contributed by atoms with E-state index < -0.39 is 0 Å². The Labute approximate surface area is 158 Å². The van der Waals surface area contributed by atoms with Crippen molar-refractivity contribution >= 4 is 35.0 Å². The molecule has 2 N–H and O–H groups in total. The first-order valence-electron chi connectivity index (χ1n) is 9.08. The Morgan fingerprint density at radius 3 is 2.48 bits per heavy atom. The van der Waals surface area contributed by atoms with Crippen LogP contribution < -0.4 is 15.5 Å². The van der Waals surface area contributed by atoms with E-state index in [4.69, 9.17) is 0 Å². The third-order valence-electron chi connectivity index (χ3n) is 5.11. The summed E-state index contributed by atoms with van der Waals surface area (Å²) in [4.78, 5) is 27.1. The van der Waals surface area contributed by atoms with E-state index in [0.717, 1.165) is 60.8 Å². The highest BCUT2D eigenvalue weighted by atomic mass is 16.2.